The normalized spacial score (nSPS) is 16.4. The Morgan fingerprint density at radius 1 is 1.24 bits per heavy atom. The summed E-state index contributed by atoms with van der Waals surface area (Å²) in [5.41, 5.74) is 2.23. The molecule has 0 aliphatic heterocycles. The van der Waals surface area contributed by atoms with Gasteiger partial charge >= 0.3 is 0 Å². The molecule has 0 unspecified atom stereocenters. The number of hydrogen-bond acceptors (Lipinski definition) is 2. The molecule has 0 radical (unpaired) electrons. The molecule has 21 heavy (non-hydrogen) atoms. The first-order chi connectivity index (χ1) is 9.85. The van der Waals surface area contributed by atoms with Gasteiger partial charge in [0, 0.05) is 31.4 Å². The summed E-state index contributed by atoms with van der Waals surface area (Å²) in [6, 6.07) is 5.16. The third kappa shape index (κ3) is 4.99. The number of nitrogens with zero attached hydrogens (tertiary/aromatic N) is 1. The topological polar surface area (TPSA) is 15.3 Å². The minimum absolute atomic E-state index is 0.0353. The number of halogens is 1. The van der Waals surface area contributed by atoms with Crippen molar-refractivity contribution in [2.45, 2.75) is 58.5 Å². The molecule has 0 bridgehead atoms. The Bertz CT molecular complexity index is 459. The fraction of sp³-hybridized carbons (Fsp3) is 0.667. The zero-order chi connectivity index (χ0) is 15.5. The molecule has 0 amide bonds. The smallest absolute Gasteiger partial charge is 0.123 e. The maximum Gasteiger partial charge on any atom is 0.123 e. The average Bonchev–Trinajstić information content (AvgIpc) is 2.88. The van der Waals surface area contributed by atoms with Crippen molar-refractivity contribution < 1.29 is 4.39 Å². The van der Waals surface area contributed by atoms with Gasteiger partial charge in [0.1, 0.15) is 5.82 Å². The Morgan fingerprint density at radius 2 is 1.90 bits per heavy atom. The zero-order valence-electron chi connectivity index (χ0n) is 13.9. The maximum atomic E-state index is 13.6. The van der Waals surface area contributed by atoms with Crippen molar-refractivity contribution in [1.82, 2.24) is 5.32 Å². The van der Waals surface area contributed by atoms with Crippen LogP contribution >= 0.6 is 0 Å². The maximum absolute atomic E-state index is 13.6. The second-order valence-corrected chi connectivity index (χ2v) is 7.41. The van der Waals surface area contributed by atoms with Crippen LogP contribution in [0.15, 0.2) is 18.2 Å². The number of rotatable bonds is 5. The lowest BCUT2D eigenvalue weighted by atomic mass is 10.0. The largest absolute Gasteiger partial charge is 0.374 e. The highest BCUT2D eigenvalue weighted by atomic mass is 19.1. The molecule has 118 valence electrons. The summed E-state index contributed by atoms with van der Waals surface area (Å²) in [7, 11) is 2.13. The molecule has 1 aromatic rings. The van der Waals surface area contributed by atoms with Crippen molar-refractivity contribution in [3.63, 3.8) is 0 Å². The van der Waals surface area contributed by atoms with Gasteiger partial charge in [0.05, 0.1) is 0 Å². The second kappa shape index (κ2) is 6.78. The van der Waals surface area contributed by atoms with E-state index in [1.807, 2.05) is 6.07 Å². The number of hydrogen-bond donors (Lipinski definition) is 1. The van der Waals surface area contributed by atoms with E-state index < -0.39 is 0 Å². The molecular weight excluding hydrogens is 263 g/mol. The standard InChI is InChI=1S/C18H29FN2/c1-18(2,3)20-12-15-11-16(19)9-10-17(15)21(4)13-14-7-5-6-8-14/h9-11,14,20H,5-8,12-13H2,1-4H3. The van der Waals surface area contributed by atoms with E-state index >= 15 is 0 Å². The van der Waals surface area contributed by atoms with Crippen molar-refractivity contribution in [2.75, 3.05) is 18.5 Å². The van der Waals surface area contributed by atoms with Crippen LogP contribution in [0.25, 0.3) is 0 Å². The van der Waals surface area contributed by atoms with Crippen molar-refractivity contribution in [3.05, 3.63) is 29.6 Å². The van der Waals surface area contributed by atoms with Crippen LogP contribution in [0, 0.1) is 11.7 Å². The molecule has 1 aliphatic rings. The van der Waals surface area contributed by atoms with Gasteiger partial charge in [-0.2, -0.15) is 0 Å². The Balaban J connectivity index is 2.09. The molecule has 2 rings (SSSR count). The van der Waals surface area contributed by atoms with Gasteiger partial charge in [-0.15, -0.1) is 0 Å². The van der Waals surface area contributed by atoms with E-state index in [1.165, 1.54) is 25.7 Å². The minimum atomic E-state index is -0.154. The van der Waals surface area contributed by atoms with Gasteiger partial charge in [-0.05, 0) is 63.3 Å². The zero-order valence-corrected chi connectivity index (χ0v) is 13.9. The summed E-state index contributed by atoms with van der Waals surface area (Å²) in [6.07, 6.45) is 5.39. The molecular formula is C18H29FN2. The summed E-state index contributed by atoms with van der Waals surface area (Å²) in [5, 5.41) is 3.46. The monoisotopic (exact) mass is 292 g/mol. The highest BCUT2D eigenvalue weighted by molar-refractivity contribution is 5.53. The van der Waals surface area contributed by atoms with E-state index in [0.29, 0.717) is 6.54 Å². The highest BCUT2D eigenvalue weighted by Gasteiger charge is 2.19. The lowest BCUT2D eigenvalue weighted by Crippen LogP contribution is -2.35. The predicted molar refractivity (Wildman–Crippen MR) is 88.2 cm³/mol. The molecule has 2 nitrogen and oxygen atoms in total. The van der Waals surface area contributed by atoms with Crippen molar-refractivity contribution in [1.29, 1.82) is 0 Å². The van der Waals surface area contributed by atoms with Gasteiger partial charge in [0.25, 0.3) is 0 Å². The first-order valence-corrected chi connectivity index (χ1v) is 8.10. The van der Waals surface area contributed by atoms with Crippen molar-refractivity contribution in [3.8, 4) is 0 Å². The highest BCUT2D eigenvalue weighted by Crippen LogP contribution is 2.28. The molecule has 1 fully saturated rings. The van der Waals surface area contributed by atoms with E-state index in [2.05, 4.69) is 38.0 Å². The van der Waals surface area contributed by atoms with Gasteiger partial charge < -0.3 is 10.2 Å². The van der Waals surface area contributed by atoms with Crippen LogP contribution in [0.3, 0.4) is 0 Å². The van der Waals surface area contributed by atoms with Crippen LogP contribution in [-0.4, -0.2) is 19.1 Å². The Labute approximate surface area is 128 Å². The Kier molecular flexibility index (Phi) is 5.26. The van der Waals surface area contributed by atoms with Gasteiger partial charge in [-0.1, -0.05) is 12.8 Å². The van der Waals surface area contributed by atoms with Crippen LogP contribution in [0.5, 0.6) is 0 Å². The van der Waals surface area contributed by atoms with Crippen molar-refractivity contribution in [2.24, 2.45) is 5.92 Å². The number of benzene rings is 1. The fourth-order valence-corrected chi connectivity index (χ4v) is 3.11. The molecule has 1 aliphatic carbocycles. The first-order valence-electron chi connectivity index (χ1n) is 8.10. The summed E-state index contributed by atoms with van der Waals surface area (Å²) in [6.45, 7) is 8.18. The predicted octanol–water partition coefficient (Wildman–Crippen LogP) is 4.34. The fourth-order valence-electron chi connectivity index (χ4n) is 3.11. The molecule has 1 saturated carbocycles. The Hall–Kier alpha value is -1.09. The van der Waals surface area contributed by atoms with E-state index in [9.17, 15) is 4.39 Å². The quantitative estimate of drug-likeness (QED) is 0.868. The summed E-state index contributed by atoms with van der Waals surface area (Å²) >= 11 is 0. The molecule has 0 aromatic heterocycles. The van der Waals surface area contributed by atoms with E-state index in [1.54, 1.807) is 12.1 Å². The van der Waals surface area contributed by atoms with E-state index in [-0.39, 0.29) is 11.4 Å². The summed E-state index contributed by atoms with van der Waals surface area (Å²) < 4.78 is 13.6. The molecule has 1 aromatic carbocycles. The third-order valence-corrected chi connectivity index (χ3v) is 4.27. The molecule has 1 N–H and O–H groups in total. The molecule has 0 spiro atoms. The van der Waals surface area contributed by atoms with Crippen LogP contribution in [0.2, 0.25) is 0 Å². The number of nitrogens with one attached hydrogen (secondary N) is 1. The lowest BCUT2D eigenvalue weighted by Gasteiger charge is -2.27. The molecule has 0 heterocycles. The first kappa shape index (κ1) is 16.3. The van der Waals surface area contributed by atoms with Gasteiger partial charge in [-0.3, -0.25) is 0 Å². The number of anilines is 1. The molecule has 3 heteroatoms. The van der Waals surface area contributed by atoms with Crippen molar-refractivity contribution >= 4 is 5.69 Å². The van der Waals surface area contributed by atoms with Gasteiger partial charge in [-0.25, -0.2) is 4.39 Å². The molecule has 0 saturated heterocycles. The van der Waals surface area contributed by atoms with E-state index in [4.69, 9.17) is 0 Å². The Morgan fingerprint density at radius 3 is 2.52 bits per heavy atom. The summed E-state index contributed by atoms with van der Waals surface area (Å²) in [5.74, 6) is 0.641. The minimum Gasteiger partial charge on any atom is -0.374 e. The van der Waals surface area contributed by atoms with Crippen LogP contribution in [0.4, 0.5) is 10.1 Å². The van der Waals surface area contributed by atoms with Crippen LogP contribution < -0.4 is 10.2 Å². The second-order valence-electron chi connectivity index (χ2n) is 7.41. The van der Waals surface area contributed by atoms with Crippen LogP contribution in [0.1, 0.15) is 52.0 Å². The van der Waals surface area contributed by atoms with E-state index in [0.717, 1.165) is 23.7 Å². The van der Waals surface area contributed by atoms with Gasteiger partial charge in [0.2, 0.25) is 0 Å². The summed E-state index contributed by atoms with van der Waals surface area (Å²) in [4.78, 5) is 2.30. The van der Waals surface area contributed by atoms with Gasteiger partial charge in [0.15, 0.2) is 0 Å². The lowest BCUT2D eigenvalue weighted by molar-refractivity contribution is 0.423. The SMILES string of the molecule is CN(CC1CCCC1)c1ccc(F)cc1CNC(C)(C)C. The van der Waals surface area contributed by atoms with Crippen LogP contribution in [-0.2, 0) is 6.54 Å². The average molecular weight is 292 g/mol. The third-order valence-electron chi connectivity index (χ3n) is 4.27. The molecule has 0 atom stereocenters.